The fourth-order valence-corrected chi connectivity index (χ4v) is 8.94. The minimum absolute atomic E-state index is 0.0633. The molecule has 5 nitrogen and oxygen atoms in total. The number of hydrogen-bond acceptors (Lipinski definition) is 5. The molecule has 5 heteroatoms. The summed E-state index contributed by atoms with van der Waals surface area (Å²) in [5, 5.41) is 9.64. The molecule has 0 aliphatic rings. The van der Waals surface area contributed by atoms with Gasteiger partial charge in [0.15, 0.2) is 6.10 Å². The van der Waals surface area contributed by atoms with Crippen molar-refractivity contribution in [2.24, 2.45) is 0 Å². The van der Waals surface area contributed by atoms with Gasteiger partial charge in [0.2, 0.25) is 0 Å². The Morgan fingerprint density at radius 1 is 0.348 bits per heavy atom. The molecule has 1 atom stereocenters. The predicted octanol–water partition coefficient (Wildman–Crippen LogP) is 19.9. The molecule has 0 aromatic rings. The van der Waals surface area contributed by atoms with Crippen LogP contribution in [0.15, 0.2) is 36.5 Å². The van der Waals surface area contributed by atoms with E-state index >= 15 is 0 Å². The lowest BCUT2D eigenvalue weighted by molar-refractivity contribution is -0.161. The van der Waals surface area contributed by atoms with Crippen LogP contribution in [0.3, 0.4) is 0 Å². The van der Waals surface area contributed by atoms with Crippen molar-refractivity contribution >= 4 is 11.9 Å². The largest absolute Gasteiger partial charge is 0.462 e. The van der Waals surface area contributed by atoms with E-state index in [0.717, 1.165) is 44.9 Å². The summed E-state index contributed by atoms with van der Waals surface area (Å²) in [6.07, 6.45) is 74.2. The minimum Gasteiger partial charge on any atom is -0.462 e. The van der Waals surface area contributed by atoms with Gasteiger partial charge >= 0.3 is 11.9 Å². The molecule has 0 saturated heterocycles. The summed E-state index contributed by atoms with van der Waals surface area (Å²) in [6.45, 7) is 4.16. The number of aliphatic hydroxyl groups is 1. The second-order valence-electron chi connectivity index (χ2n) is 20.1. The van der Waals surface area contributed by atoms with E-state index in [9.17, 15) is 14.7 Å². The van der Waals surface area contributed by atoms with E-state index in [0.29, 0.717) is 12.8 Å². The number of hydrogen-bond donors (Lipinski definition) is 1. The van der Waals surface area contributed by atoms with Crippen molar-refractivity contribution in [3.05, 3.63) is 36.5 Å². The second kappa shape index (κ2) is 57.4. The number of allylic oxidation sites excluding steroid dienone is 6. The molecular weight excluding hydrogens is 813 g/mol. The Balaban J connectivity index is 3.40. The van der Waals surface area contributed by atoms with Crippen LogP contribution in [-0.2, 0) is 19.1 Å². The number of aliphatic hydroxyl groups excluding tert-OH is 1. The number of carbonyl (C=O) groups is 2. The van der Waals surface area contributed by atoms with Crippen molar-refractivity contribution in [2.75, 3.05) is 13.2 Å². The van der Waals surface area contributed by atoms with Crippen LogP contribution >= 0.6 is 0 Å². The maximum absolute atomic E-state index is 12.3. The Hall–Kier alpha value is -1.88. The molecular formula is C61H114O5. The van der Waals surface area contributed by atoms with Crippen molar-refractivity contribution in [3.63, 3.8) is 0 Å². The molecule has 0 amide bonds. The van der Waals surface area contributed by atoms with Crippen LogP contribution in [0, 0.1) is 0 Å². The molecule has 0 spiro atoms. The van der Waals surface area contributed by atoms with Gasteiger partial charge in [-0.2, -0.15) is 0 Å². The number of unbranched alkanes of at least 4 members (excludes halogenated alkanes) is 41. The molecule has 1 N–H and O–H groups in total. The summed E-state index contributed by atoms with van der Waals surface area (Å²) in [6, 6.07) is 0. The van der Waals surface area contributed by atoms with Gasteiger partial charge in [0, 0.05) is 12.8 Å². The third-order valence-electron chi connectivity index (χ3n) is 13.4. The van der Waals surface area contributed by atoms with E-state index in [-0.39, 0.29) is 25.2 Å². The smallest absolute Gasteiger partial charge is 0.306 e. The topological polar surface area (TPSA) is 72.8 Å². The highest BCUT2D eigenvalue weighted by Gasteiger charge is 2.16. The van der Waals surface area contributed by atoms with E-state index < -0.39 is 6.10 Å². The molecule has 0 fully saturated rings. The van der Waals surface area contributed by atoms with E-state index in [1.807, 2.05) is 0 Å². The number of ether oxygens (including phenoxy) is 2. The first kappa shape index (κ1) is 64.1. The summed E-state index contributed by atoms with van der Waals surface area (Å²) in [7, 11) is 0. The lowest BCUT2D eigenvalue weighted by Crippen LogP contribution is -2.28. The van der Waals surface area contributed by atoms with Gasteiger partial charge in [-0.1, -0.05) is 275 Å². The summed E-state index contributed by atoms with van der Waals surface area (Å²) >= 11 is 0. The fraction of sp³-hybridized carbons (Fsp3) is 0.869. The Labute approximate surface area is 412 Å². The van der Waals surface area contributed by atoms with Crippen LogP contribution in [0.2, 0.25) is 0 Å². The van der Waals surface area contributed by atoms with Gasteiger partial charge < -0.3 is 14.6 Å². The lowest BCUT2D eigenvalue weighted by Gasteiger charge is -2.15. The molecule has 0 aliphatic carbocycles. The van der Waals surface area contributed by atoms with Crippen LogP contribution in [0.1, 0.15) is 322 Å². The van der Waals surface area contributed by atoms with Crippen LogP contribution in [0.25, 0.3) is 0 Å². The lowest BCUT2D eigenvalue weighted by atomic mass is 10.0. The molecule has 1 unspecified atom stereocenters. The average Bonchev–Trinajstić information content (AvgIpc) is 3.32. The van der Waals surface area contributed by atoms with Crippen molar-refractivity contribution in [3.8, 4) is 0 Å². The van der Waals surface area contributed by atoms with Crippen LogP contribution in [0.4, 0.5) is 0 Å². The minimum atomic E-state index is -0.771. The van der Waals surface area contributed by atoms with Gasteiger partial charge in [-0.3, -0.25) is 9.59 Å². The zero-order chi connectivity index (χ0) is 47.7. The van der Waals surface area contributed by atoms with Gasteiger partial charge in [-0.25, -0.2) is 0 Å². The standard InChI is InChI=1S/C61H114O5/c1-3-5-7-9-11-13-15-17-19-21-22-23-24-25-26-27-28-29-30-31-32-33-34-35-36-37-38-40-42-44-46-48-50-52-54-56-61(64)66-59(57-62)58-65-60(63)55-53-51-49-47-45-43-41-39-20-18-16-14-12-10-8-6-4-2/h15,17-18,20-22,59,62H,3-14,16,19,23-58H2,1-2H3/b17-15-,20-18-,22-21-. The molecule has 0 rings (SSSR count). The van der Waals surface area contributed by atoms with E-state index in [2.05, 4.69) is 50.3 Å². The maximum Gasteiger partial charge on any atom is 0.306 e. The quantitative estimate of drug-likeness (QED) is 0.0374. The van der Waals surface area contributed by atoms with Crippen LogP contribution < -0.4 is 0 Å². The molecule has 388 valence electrons. The van der Waals surface area contributed by atoms with Crippen LogP contribution in [-0.4, -0.2) is 36.4 Å². The monoisotopic (exact) mass is 927 g/mol. The summed E-state index contributed by atoms with van der Waals surface area (Å²) in [5.74, 6) is -0.579. The van der Waals surface area contributed by atoms with Gasteiger partial charge in [-0.05, 0) is 70.6 Å². The second-order valence-corrected chi connectivity index (χ2v) is 20.1. The van der Waals surface area contributed by atoms with E-state index in [4.69, 9.17) is 9.47 Å². The Kier molecular flexibility index (Phi) is 55.8. The summed E-state index contributed by atoms with van der Waals surface area (Å²) < 4.78 is 10.7. The first-order chi connectivity index (χ1) is 32.6. The van der Waals surface area contributed by atoms with Gasteiger partial charge in [0.25, 0.3) is 0 Å². The van der Waals surface area contributed by atoms with Gasteiger partial charge in [0.05, 0.1) is 6.61 Å². The third kappa shape index (κ3) is 54.7. The zero-order valence-electron chi connectivity index (χ0n) is 44.5. The van der Waals surface area contributed by atoms with Gasteiger partial charge in [0.1, 0.15) is 6.61 Å². The molecule has 0 heterocycles. The SMILES string of the molecule is CCCCCCC/C=C\C/C=C\CCCCCCCCCCCCCCCCCCCCCCCCCC(=O)OC(CO)COC(=O)CCCCCCCCC/C=C\CCCCCCCC. The molecule has 0 aromatic carbocycles. The molecule has 0 radical (unpaired) electrons. The van der Waals surface area contributed by atoms with Gasteiger partial charge in [-0.15, -0.1) is 0 Å². The van der Waals surface area contributed by atoms with Crippen molar-refractivity contribution < 1.29 is 24.2 Å². The van der Waals surface area contributed by atoms with Crippen molar-refractivity contribution in [1.29, 1.82) is 0 Å². The maximum atomic E-state index is 12.3. The first-order valence-electron chi connectivity index (χ1n) is 29.5. The van der Waals surface area contributed by atoms with Crippen molar-refractivity contribution in [2.45, 2.75) is 328 Å². The molecule has 66 heavy (non-hydrogen) atoms. The van der Waals surface area contributed by atoms with Crippen molar-refractivity contribution in [1.82, 2.24) is 0 Å². The van der Waals surface area contributed by atoms with Crippen LogP contribution in [0.5, 0.6) is 0 Å². The number of rotatable bonds is 55. The average molecular weight is 928 g/mol. The fourth-order valence-electron chi connectivity index (χ4n) is 8.94. The number of esters is 2. The Bertz CT molecular complexity index is 1050. The highest BCUT2D eigenvalue weighted by molar-refractivity contribution is 5.70. The molecule has 0 aliphatic heterocycles. The summed E-state index contributed by atoms with van der Waals surface area (Å²) in [4.78, 5) is 24.5. The van der Waals surface area contributed by atoms with E-state index in [1.165, 1.54) is 250 Å². The van der Waals surface area contributed by atoms with E-state index in [1.54, 1.807) is 0 Å². The highest BCUT2D eigenvalue weighted by Crippen LogP contribution is 2.17. The zero-order valence-corrected chi connectivity index (χ0v) is 44.5. The molecule has 0 aromatic heterocycles. The highest BCUT2D eigenvalue weighted by atomic mass is 16.6. The predicted molar refractivity (Wildman–Crippen MR) is 288 cm³/mol. The molecule has 0 bridgehead atoms. The Morgan fingerprint density at radius 2 is 0.606 bits per heavy atom. The number of carbonyl (C=O) groups excluding carboxylic acids is 2. The first-order valence-corrected chi connectivity index (χ1v) is 29.5. The molecule has 0 saturated carbocycles. The Morgan fingerprint density at radius 3 is 0.909 bits per heavy atom. The normalized spacial score (nSPS) is 12.3. The third-order valence-corrected chi connectivity index (χ3v) is 13.4. The summed E-state index contributed by atoms with van der Waals surface area (Å²) in [5.41, 5.74) is 0.